The van der Waals surface area contributed by atoms with E-state index in [4.69, 9.17) is 15.6 Å². The van der Waals surface area contributed by atoms with Crippen molar-refractivity contribution >= 4 is 24.3 Å². The number of carboxylic acids is 1. The number of hydrogen-bond donors (Lipinski definition) is 2. The second-order valence-electron chi connectivity index (χ2n) is 3.35. The Bertz CT molecular complexity index is 380. The molecule has 0 spiro atoms. The quantitative estimate of drug-likeness (QED) is 0.791. The Hall–Kier alpha value is -1.59. The zero-order chi connectivity index (χ0) is 12.1. The molecule has 0 heterocycles. The van der Waals surface area contributed by atoms with Crippen LogP contribution in [0.4, 0.5) is 0 Å². The molecule has 0 bridgehead atoms. The average Bonchev–Trinajstić information content (AvgIpc) is 2.26. The first-order chi connectivity index (χ1) is 7.52. The molecular weight excluding hydrogens is 246 g/mol. The van der Waals surface area contributed by atoms with Crippen LogP contribution in [0.25, 0.3) is 0 Å². The normalized spacial score (nSPS) is 13.1. The summed E-state index contributed by atoms with van der Waals surface area (Å²) in [6.45, 7) is 1.44. The highest BCUT2D eigenvalue weighted by Crippen LogP contribution is 2.17. The number of aliphatic carboxylic acids is 1. The van der Waals surface area contributed by atoms with Crippen molar-refractivity contribution in [3.8, 4) is 0 Å². The number of esters is 1. The summed E-state index contributed by atoms with van der Waals surface area (Å²) in [6, 6.07) is 7.40. The molecule has 17 heavy (non-hydrogen) atoms. The minimum Gasteiger partial charge on any atom is -0.478 e. The van der Waals surface area contributed by atoms with Gasteiger partial charge < -0.3 is 15.6 Å². The summed E-state index contributed by atoms with van der Waals surface area (Å²) in [6.07, 6.45) is -1.31. The van der Waals surface area contributed by atoms with E-state index in [1.165, 1.54) is 6.92 Å². The van der Waals surface area contributed by atoms with Crippen LogP contribution < -0.4 is 5.73 Å². The molecule has 0 saturated carbocycles. The molecule has 0 aromatic heterocycles. The largest absolute Gasteiger partial charge is 0.478 e. The van der Waals surface area contributed by atoms with Crippen LogP contribution in [-0.4, -0.2) is 23.1 Å². The van der Waals surface area contributed by atoms with E-state index in [-0.39, 0.29) is 12.4 Å². The van der Waals surface area contributed by atoms with Crippen molar-refractivity contribution < 1.29 is 19.4 Å². The van der Waals surface area contributed by atoms with E-state index in [0.29, 0.717) is 5.56 Å². The summed E-state index contributed by atoms with van der Waals surface area (Å²) in [5.74, 6) is -1.96. The fourth-order valence-corrected chi connectivity index (χ4v) is 1.11. The van der Waals surface area contributed by atoms with Crippen LogP contribution in [0.15, 0.2) is 30.3 Å². The van der Waals surface area contributed by atoms with Crippen LogP contribution in [0.2, 0.25) is 0 Å². The molecule has 0 radical (unpaired) electrons. The van der Waals surface area contributed by atoms with E-state index in [1.807, 2.05) is 0 Å². The van der Waals surface area contributed by atoms with Crippen molar-refractivity contribution in [2.24, 2.45) is 5.73 Å². The van der Waals surface area contributed by atoms with Crippen LogP contribution in [0.1, 0.15) is 18.6 Å². The van der Waals surface area contributed by atoms with Gasteiger partial charge in [-0.05, 0) is 6.92 Å². The Labute approximate surface area is 105 Å². The highest BCUT2D eigenvalue weighted by atomic mass is 35.5. The van der Waals surface area contributed by atoms with Gasteiger partial charge in [-0.15, -0.1) is 12.4 Å². The lowest BCUT2D eigenvalue weighted by Crippen LogP contribution is -2.31. The maximum atomic E-state index is 11.2. The molecule has 0 aliphatic rings. The Balaban J connectivity index is 0.00000256. The predicted molar refractivity (Wildman–Crippen MR) is 63.8 cm³/mol. The van der Waals surface area contributed by atoms with Gasteiger partial charge in [-0.25, -0.2) is 4.79 Å². The van der Waals surface area contributed by atoms with Gasteiger partial charge in [0.05, 0.1) is 0 Å². The van der Waals surface area contributed by atoms with Gasteiger partial charge in [0, 0.05) is 5.56 Å². The SMILES string of the molecule is C[C@H](N)C(=O)OC(C(=O)O)c1ccccc1.Cl. The van der Waals surface area contributed by atoms with Crippen LogP contribution in [0.3, 0.4) is 0 Å². The zero-order valence-corrected chi connectivity index (χ0v) is 10.0. The molecule has 94 valence electrons. The number of benzene rings is 1. The van der Waals surface area contributed by atoms with Gasteiger partial charge in [-0.1, -0.05) is 30.3 Å². The number of rotatable bonds is 4. The van der Waals surface area contributed by atoms with Gasteiger partial charge in [-0.3, -0.25) is 4.79 Å². The molecule has 0 aliphatic heterocycles. The number of nitrogens with two attached hydrogens (primary N) is 1. The smallest absolute Gasteiger partial charge is 0.349 e. The molecule has 1 aromatic carbocycles. The number of ether oxygens (including phenoxy) is 1. The highest BCUT2D eigenvalue weighted by Gasteiger charge is 2.25. The minimum atomic E-state index is -1.31. The van der Waals surface area contributed by atoms with Crippen LogP contribution in [-0.2, 0) is 14.3 Å². The zero-order valence-electron chi connectivity index (χ0n) is 9.20. The third-order valence-corrected chi connectivity index (χ3v) is 1.93. The number of carbonyl (C=O) groups is 2. The fourth-order valence-electron chi connectivity index (χ4n) is 1.11. The third-order valence-electron chi connectivity index (χ3n) is 1.93. The Morgan fingerprint density at radius 3 is 2.24 bits per heavy atom. The Morgan fingerprint density at radius 2 is 1.82 bits per heavy atom. The Kier molecular flexibility index (Phi) is 6.23. The van der Waals surface area contributed by atoms with Crippen LogP contribution >= 0.6 is 12.4 Å². The molecule has 1 aromatic rings. The molecule has 0 amide bonds. The van der Waals surface area contributed by atoms with Crippen LogP contribution in [0, 0.1) is 0 Å². The van der Waals surface area contributed by atoms with Gasteiger partial charge in [0.1, 0.15) is 6.04 Å². The number of hydrogen-bond acceptors (Lipinski definition) is 4. The number of carbonyl (C=O) groups excluding carboxylic acids is 1. The molecule has 6 heteroatoms. The molecule has 0 aliphatic carbocycles. The van der Waals surface area contributed by atoms with Crippen molar-refractivity contribution in [3.05, 3.63) is 35.9 Å². The van der Waals surface area contributed by atoms with Crippen molar-refractivity contribution in [3.63, 3.8) is 0 Å². The number of carboxylic acid groups (broad SMARTS) is 1. The average molecular weight is 260 g/mol. The molecule has 0 fully saturated rings. The summed E-state index contributed by atoms with van der Waals surface area (Å²) in [5.41, 5.74) is 5.70. The minimum absolute atomic E-state index is 0. The molecule has 1 unspecified atom stereocenters. The fraction of sp³-hybridized carbons (Fsp3) is 0.273. The standard InChI is InChI=1S/C11H13NO4.ClH/c1-7(12)11(15)16-9(10(13)14)8-5-3-2-4-6-8;/h2-7,9H,12H2,1H3,(H,13,14);1H/t7-,9?;/m0./s1. The molecule has 3 N–H and O–H groups in total. The number of halogens is 1. The molecule has 5 nitrogen and oxygen atoms in total. The van der Waals surface area contributed by atoms with Gasteiger partial charge >= 0.3 is 11.9 Å². The monoisotopic (exact) mass is 259 g/mol. The maximum absolute atomic E-state index is 11.2. The second kappa shape index (κ2) is 6.88. The first-order valence-electron chi connectivity index (χ1n) is 4.76. The van der Waals surface area contributed by atoms with E-state index in [9.17, 15) is 9.59 Å². The van der Waals surface area contributed by atoms with Gasteiger partial charge in [0.15, 0.2) is 0 Å². The maximum Gasteiger partial charge on any atom is 0.349 e. The van der Waals surface area contributed by atoms with E-state index >= 15 is 0 Å². The lowest BCUT2D eigenvalue weighted by molar-refractivity contribution is -0.165. The molecule has 1 rings (SSSR count). The van der Waals surface area contributed by atoms with E-state index in [1.54, 1.807) is 30.3 Å². The van der Waals surface area contributed by atoms with Crippen molar-refractivity contribution in [2.75, 3.05) is 0 Å². The summed E-state index contributed by atoms with van der Waals surface area (Å²) in [4.78, 5) is 22.2. The first kappa shape index (κ1) is 15.4. The molecule has 0 saturated heterocycles. The van der Waals surface area contributed by atoms with Gasteiger partial charge in [-0.2, -0.15) is 0 Å². The van der Waals surface area contributed by atoms with E-state index in [0.717, 1.165) is 0 Å². The lowest BCUT2D eigenvalue weighted by Gasteiger charge is -2.15. The van der Waals surface area contributed by atoms with Crippen molar-refractivity contribution in [2.45, 2.75) is 19.1 Å². The van der Waals surface area contributed by atoms with Crippen molar-refractivity contribution in [1.82, 2.24) is 0 Å². The topological polar surface area (TPSA) is 89.6 Å². The first-order valence-corrected chi connectivity index (χ1v) is 4.76. The summed E-state index contributed by atoms with van der Waals surface area (Å²) in [5, 5.41) is 8.94. The Morgan fingerprint density at radius 1 is 1.29 bits per heavy atom. The molecule has 2 atom stereocenters. The van der Waals surface area contributed by atoms with E-state index in [2.05, 4.69) is 0 Å². The second-order valence-corrected chi connectivity index (χ2v) is 3.35. The molecular formula is C11H14ClNO4. The summed E-state index contributed by atoms with van der Waals surface area (Å²) < 4.78 is 4.80. The third kappa shape index (κ3) is 4.42. The summed E-state index contributed by atoms with van der Waals surface area (Å²) >= 11 is 0. The van der Waals surface area contributed by atoms with Gasteiger partial charge in [0.2, 0.25) is 6.10 Å². The summed E-state index contributed by atoms with van der Waals surface area (Å²) in [7, 11) is 0. The lowest BCUT2D eigenvalue weighted by atomic mass is 10.1. The van der Waals surface area contributed by atoms with Crippen molar-refractivity contribution in [1.29, 1.82) is 0 Å². The van der Waals surface area contributed by atoms with Gasteiger partial charge in [0.25, 0.3) is 0 Å². The van der Waals surface area contributed by atoms with E-state index < -0.39 is 24.1 Å². The predicted octanol–water partition coefficient (Wildman–Crippen LogP) is 1.12. The highest BCUT2D eigenvalue weighted by molar-refractivity contribution is 5.85. The van der Waals surface area contributed by atoms with Crippen LogP contribution in [0.5, 0.6) is 0 Å².